The Morgan fingerprint density at radius 3 is 3.04 bits per heavy atom. The van der Waals surface area contributed by atoms with E-state index in [9.17, 15) is 9.59 Å². The normalized spacial score (nSPS) is 19.7. The van der Waals surface area contributed by atoms with Crippen LogP contribution in [0.25, 0.3) is 6.08 Å². The number of halogens is 1. The number of amides is 1. The summed E-state index contributed by atoms with van der Waals surface area (Å²) in [5, 5.41) is 0.431. The van der Waals surface area contributed by atoms with Gasteiger partial charge in [-0.1, -0.05) is 11.6 Å². The fourth-order valence-corrected chi connectivity index (χ4v) is 2.84. The van der Waals surface area contributed by atoms with Crippen molar-refractivity contribution in [2.75, 3.05) is 27.0 Å². The molecule has 1 aromatic carbocycles. The maximum Gasteiger partial charge on any atom is 0.330 e. The first kappa shape index (κ1) is 15.7. The van der Waals surface area contributed by atoms with E-state index in [4.69, 9.17) is 25.8 Å². The second-order valence-corrected chi connectivity index (χ2v) is 5.95. The first-order valence-corrected chi connectivity index (χ1v) is 7.58. The van der Waals surface area contributed by atoms with Crippen molar-refractivity contribution in [3.8, 4) is 11.5 Å². The van der Waals surface area contributed by atoms with Crippen molar-refractivity contribution in [2.45, 2.75) is 6.42 Å². The van der Waals surface area contributed by atoms with Crippen molar-refractivity contribution in [3.63, 3.8) is 0 Å². The molecule has 122 valence electrons. The number of benzene rings is 1. The lowest BCUT2D eigenvalue weighted by Crippen LogP contribution is -2.20. The van der Waals surface area contributed by atoms with Crippen LogP contribution in [-0.4, -0.2) is 43.8 Å². The van der Waals surface area contributed by atoms with E-state index in [0.29, 0.717) is 35.1 Å². The van der Waals surface area contributed by atoms with Crippen LogP contribution in [0, 0.1) is 5.92 Å². The van der Waals surface area contributed by atoms with Crippen molar-refractivity contribution in [1.29, 1.82) is 0 Å². The van der Waals surface area contributed by atoms with Crippen molar-refractivity contribution < 1.29 is 23.8 Å². The van der Waals surface area contributed by atoms with Gasteiger partial charge in [-0.3, -0.25) is 4.79 Å². The smallest absolute Gasteiger partial charge is 0.330 e. The lowest BCUT2D eigenvalue weighted by atomic mass is 10.1. The van der Waals surface area contributed by atoms with Gasteiger partial charge in [-0.05, 0) is 23.8 Å². The molecule has 6 nitrogen and oxygen atoms in total. The molecule has 1 unspecified atom stereocenters. The van der Waals surface area contributed by atoms with Crippen LogP contribution >= 0.6 is 11.6 Å². The maximum absolute atomic E-state index is 11.8. The van der Waals surface area contributed by atoms with Crippen LogP contribution in [0.5, 0.6) is 11.5 Å². The van der Waals surface area contributed by atoms with Gasteiger partial charge in [-0.15, -0.1) is 0 Å². The number of ether oxygens (including phenoxy) is 3. The second kappa shape index (κ2) is 6.50. The molecule has 1 aromatic rings. The number of carbonyl (C=O) groups excluding carboxylic acids is 2. The van der Waals surface area contributed by atoms with Crippen molar-refractivity contribution in [3.05, 3.63) is 28.8 Å². The summed E-state index contributed by atoms with van der Waals surface area (Å²) < 4.78 is 15.7. The monoisotopic (exact) mass is 337 g/mol. The van der Waals surface area contributed by atoms with Crippen LogP contribution in [0.3, 0.4) is 0 Å². The Balaban J connectivity index is 1.55. The van der Waals surface area contributed by atoms with Crippen molar-refractivity contribution >= 4 is 29.6 Å². The highest BCUT2D eigenvalue weighted by Crippen LogP contribution is 2.40. The standard InChI is InChI=1S/C16H16ClNO5/c1-18-7-11(6-14(18)19)8-21-15(20)3-2-10-4-12(17)16-13(5-10)22-9-23-16/h2-5,11H,6-9H2,1H3. The molecule has 0 bridgehead atoms. The maximum atomic E-state index is 11.8. The summed E-state index contributed by atoms with van der Waals surface area (Å²) in [6.07, 6.45) is 3.35. The molecule has 3 rings (SSSR count). The van der Waals surface area contributed by atoms with Crippen LogP contribution in [0.1, 0.15) is 12.0 Å². The van der Waals surface area contributed by atoms with E-state index in [1.165, 1.54) is 6.08 Å². The molecule has 7 heteroatoms. The van der Waals surface area contributed by atoms with Crippen LogP contribution in [-0.2, 0) is 14.3 Å². The zero-order valence-corrected chi connectivity index (χ0v) is 13.3. The molecule has 0 N–H and O–H groups in total. The molecule has 0 saturated carbocycles. The first-order valence-electron chi connectivity index (χ1n) is 7.21. The Morgan fingerprint density at radius 2 is 2.30 bits per heavy atom. The molecule has 2 heterocycles. The van der Waals surface area contributed by atoms with Crippen LogP contribution in [0.15, 0.2) is 18.2 Å². The number of carbonyl (C=O) groups is 2. The third-order valence-electron chi connectivity index (χ3n) is 3.74. The minimum atomic E-state index is -0.458. The van der Waals surface area contributed by atoms with Gasteiger partial charge in [0.25, 0.3) is 0 Å². The number of rotatable bonds is 4. The van der Waals surface area contributed by atoms with E-state index in [1.807, 2.05) is 0 Å². The summed E-state index contributed by atoms with van der Waals surface area (Å²) in [6.45, 7) is 0.994. The van der Waals surface area contributed by atoms with Gasteiger partial charge in [0.1, 0.15) is 0 Å². The van der Waals surface area contributed by atoms with E-state index in [2.05, 4.69) is 0 Å². The second-order valence-electron chi connectivity index (χ2n) is 5.54. The lowest BCUT2D eigenvalue weighted by molar-refractivity contribution is -0.139. The van der Waals surface area contributed by atoms with E-state index < -0.39 is 5.97 Å². The highest BCUT2D eigenvalue weighted by atomic mass is 35.5. The number of esters is 1. The molecular weight excluding hydrogens is 322 g/mol. The third kappa shape index (κ3) is 3.59. The minimum Gasteiger partial charge on any atom is -0.462 e. The predicted molar refractivity (Wildman–Crippen MR) is 83.3 cm³/mol. The van der Waals surface area contributed by atoms with Gasteiger partial charge in [0.2, 0.25) is 12.7 Å². The Kier molecular flexibility index (Phi) is 4.43. The number of hydrogen-bond acceptors (Lipinski definition) is 5. The predicted octanol–water partition coefficient (Wildman–Crippen LogP) is 2.10. The molecule has 0 aromatic heterocycles. The molecule has 1 amide bonds. The summed E-state index contributed by atoms with van der Waals surface area (Å²) in [6, 6.07) is 3.42. The minimum absolute atomic E-state index is 0.0600. The zero-order valence-electron chi connectivity index (χ0n) is 12.6. The van der Waals surface area contributed by atoms with Crippen LogP contribution in [0.2, 0.25) is 5.02 Å². The topological polar surface area (TPSA) is 65.1 Å². The summed E-state index contributed by atoms with van der Waals surface area (Å²) in [7, 11) is 1.74. The Morgan fingerprint density at radius 1 is 1.48 bits per heavy atom. The largest absolute Gasteiger partial charge is 0.462 e. The van der Waals surface area contributed by atoms with Gasteiger partial charge in [-0.25, -0.2) is 4.79 Å². The first-order chi connectivity index (χ1) is 11.0. The quantitative estimate of drug-likeness (QED) is 0.622. The van der Waals surface area contributed by atoms with E-state index >= 15 is 0 Å². The molecule has 1 atom stereocenters. The highest BCUT2D eigenvalue weighted by molar-refractivity contribution is 6.32. The lowest BCUT2D eigenvalue weighted by Gasteiger charge is -2.09. The fourth-order valence-electron chi connectivity index (χ4n) is 2.56. The zero-order chi connectivity index (χ0) is 16.4. The molecule has 0 spiro atoms. The number of likely N-dealkylation sites (tertiary alicyclic amines) is 1. The van der Waals surface area contributed by atoms with Gasteiger partial charge in [0.15, 0.2) is 11.5 Å². The summed E-state index contributed by atoms with van der Waals surface area (Å²) in [5.74, 6) is 0.752. The Bertz CT molecular complexity index is 673. The molecule has 1 saturated heterocycles. The third-order valence-corrected chi connectivity index (χ3v) is 4.02. The number of nitrogens with zero attached hydrogens (tertiary/aromatic N) is 1. The van der Waals surface area contributed by atoms with Gasteiger partial charge in [0.05, 0.1) is 11.6 Å². The molecular formula is C16H16ClNO5. The summed E-state index contributed by atoms with van der Waals surface area (Å²) >= 11 is 6.07. The molecule has 2 aliphatic rings. The molecule has 1 fully saturated rings. The average Bonchev–Trinajstić information content (AvgIpc) is 3.10. The Hall–Kier alpha value is -2.21. The van der Waals surface area contributed by atoms with Crippen molar-refractivity contribution in [2.24, 2.45) is 5.92 Å². The average molecular weight is 338 g/mol. The Labute approximate surface area is 138 Å². The molecule has 23 heavy (non-hydrogen) atoms. The number of hydrogen-bond donors (Lipinski definition) is 0. The SMILES string of the molecule is CN1CC(COC(=O)C=Cc2cc(Cl)c3c(c2)OCO3)CC1=O. The van der Waals surface area contributed by atoms with Gasteiger partial charge in [-0.2, -0.15) is 0 Å². The fraction of sp³-hybridized carbons (Fsp3) is 0.375. The van der Waals surface area contributed by atoms with Gasteiger partial charge in [0, 0.05) is 32.0 Å². The number of fused-ring (bicyclic) bond motifs is 1. The van der Waals surface area contributed by atoms with E-state index in [1.54, 1.807) is 30.2 Å². The van der Waals surface area contributed by atoms with Crippen molar-refractivity contribution in [1.82, 2.24) is 4.90 Å². The molecule has 0 aliphatic carbocycles. The highest BCUT2D eigenvalue weighted by Gasteiger charge is 2.27. The molecule has 2 aliphatic heterocycles. The van der Waals surface area contributed by atoms with Gasteiger partial charge >= 0.3 is 5.97 Å². The molecule has 0 radical (unpaired) electrons. The van der Waals surface area contributed by atoms with Crippen LogP contribution in [0.4, 0.5) is 0 Å². The van der Waals surface area contributed by atoms with E-state index in [0.717, 1.165) is 0 Å². The summed E-state index contributed by atoms with van der Waals surface area (Å²) in [4.78, 5) is 24.8. The van der Waals surface area contributed by atoms with Crippen LogP contribution < -0.4 is 9.47 Å². The van der Waals surface area contributed by atoms with Gasteiger partial charge < -0.3 is 19.1 Å². The van der Waals surface area contributed by atoms with E-state index in [-0.39, 0.29) is 25.2 Å². The summed E-state index contributed by atoms with van der Waals surface area (Å²) in [5.41, 5.74) is 0.715.